The van der Waals surface area contributed by atoms with Crippen LogP contribution in [0.15, 0.2) is 12.3 Å². The predicted molar refractivity (Wildman–Crippen MR) is 62.6 cm³/mol. The van der Waals surface area contributed by atoms with E-state index in [2.05, 4.69) is 5.10 Å². The maximum Gasteiger partial charge on any atom is 0.389 e. The number of likely N-dealkylation sites (tertiary alicyclic amines) is 1. The highest BCUT2D eigenvalue weighted by atomic mass is 16.6. The van der Waals surface area contributed by atoms with Crippen LogP contribution in [0, 0.1) is 10.1 Å². The molecule has 0 radical (unpaired) electrons. The number of nitro groups is 1. The van der Waals surface area contributed by atoms with Crippen molar-refractivity contribution < 1.29 is 24.7 Å². The third-order valence-electron chi connectivity index (χ3n) is 3.00. The molecule has 1 amide bonds. The van der Waals surface area contributed by atoms with E-state index >= 15 is 0 Å². The van der Waals surface area contributed by atoms with E-state index in [1.165, 1.54) is 6.20 Å². The minimum Gasteiger partial charge on any atom is -0.480 e. The second-order valence-corrected chi connectivity index (χ2v) is 4.42. The lowest BCUT2D eigenvalue weighted by molar-refractivity contribution is -0.389. The maximum absolute atomic E-state index is 12.0. The molecule has 0 aliphatic carbocycles. The Labute approximate surface area is 112 Å². The zero-order chi connectivity index (χ0) is 14.9. The summed E-state index contributed by atoms with van der Waals surface area (Å²) in [6, 6.07) is 0.0592. The molecular formula is C10H12N4O6. The number of amides is 1. The van der Waals surface area contributed by atoms with Gasteiger partial charge in [0.25, 0.3) is 0 Å². The molecule has 2 heterocycles. The van der Waals surface area contributed by atoms with E-state index in [-0.39, 0.29) is 19.5 Å². The number of carbonyl (C=O) groups excluding carboxylic acids is 1. The van der Waals surface area contributed by atoms with Gasteiger partial charge in [-0.3, -0.25) is 4.79 Å². The molecule has 1 aromatic rings. The number of carboxylic acids is 1. The second-order valence-electron chi connectivity index (χ2n) is 4.42. The molecule has 2 atom stereocenters. The molecule has 1 aromatic heterocycles. The van der Waals surface area contributed by atoms with Crippen molar-refractivity contribution in [1.82, 2.24) is 14.7 Å². The second kappa shape index (κ2) is 5.25. The Morgan fingerprint density at radius 2 is 2.25 bits per heavy atom. The molecule has 10 nitrogen and oxygen atoms in total. The van der Waals surface area contributed by atoms with E-state index < -0.39 is 34.8 Å². The van der Waals surface area contributed by atoms with E-state index in [9.17, 15) is 24.8 Å². The highest BCUT2D eigenvalue weighted by Gasteiger charge is 2.39. The first-order valence-electron chi connectivity index (χ1n) is 5.76. The fraction of sp³-hybridized carbons (Fsp3) is 0.500. The molecule has 0 saturated carbocycles. The van der Waals surface area contributed by atoms with Crippen LogP contribution in [0.4, 0.5) is 5.82 Å². The van der Waals surface area contributed by atoms with E-state index in [1.807, 2.05) is 0 Å². The van der Waals surface area contributed by atoms with Crippen molar-refractivity contribution in [2.24, 2.45) is 0 Å². The fourth-order valence-electron chi connectivity index (χ4n) is 2.09. The Kier molecular flexibility index (Phi) is 3.66. The number of nitrogens with zero attached hydrogens (tertiary/aromatic N) is 4. The molecule has 0 spiro atoms. The van der Waals surface area contributed by atoms with Gasteiger partial charge in [0.2, 0.25) is 5.91 Å². The number of aliphatic hydroxyl groups excluding tert-OH is 1. The van der Waals surface area contributed by atoms with Crippen LogP contribution >= 0.6 is 0 Å². The SMILES string of the molecule is O=C(O)[C@H]1C[C@@H](O)CN1C(=O)Cn1ccc([N+](=O)[O-])n1. The third-order valence-corrected chi connectivity index (χ3v) is 3.00. The van der Waals surface area contributed by atoms with Crippen LogP contribution in [0.2, 0.25) is 0 Å². The molecule has 108 valence electrons. The van der Waals surface area contributed by atoms with Crippen molar-refractivity contribution in [3.63, 3.8) is 0 Å². The lowest BCUT2D eigenvalue weighted by Gasteiger charge is -2.20. The number of carbonyl (C=O) groups is 2. The zero-order valence-electron chi connectivity index (χ0n) is 10.2. The average molecular weight is 284 g/mol. The van der Waals surface area contributed by atoms with Gasteiger partial charge < -0.3 is 25.2 Å². The summed E-state index contributed by atoms with van der Waals surface area (Å²) >= 11 is 0. The number of aromatic nitrogens is 2. The van der Waals surface area contributed by atoms with Crippen LogP contribution in [0.3, 0.4) is 0 Å². The molecule has 1 fully saturated rings. The first-order chi connectivity index (χ1) is 9.38. The minimum atomic E-state index is -1.19. The molecular weight excluding hydrogens is 272 g/mol. The minimum absolute atomic E-state index is 0.0275. The highest BCUT2D eigenvalue weighted by molar-refractivity contribution is 5.84. The topological polar surface area (TPSA) is 139 Å². The Bertz CT molecular complexity index is 556. The van der Waals surface area contributed by atoms with Gasteiger partial charge in [-0.1, -0.05) is 0 Å². The van der Waals surface area contributed by atoms with Crippen LogP contribution < -0.4 is 0 Å². The first-order valence-corrected chi connectivity index (χ1v) is 5.76. The van der Waals surface area contributed by atoms with Crippen LogP contribution in [0.5, 0.6) is 0 Å². The number of hydrogen-bond acceptors (Lipinski definition) is 6. The number of hydrogen-bond donors (Lipinski definition) is 2. The molecule has 10 heteroatoms. The van der Waals surface area contributed by atoms with Crippen molar-refractivity contribution in [1.29, 1.82) is 0 Å². The van der Waals surface area contributed by atoms with Crippen LogP contribution in [0.1, 0.15) is 6.42 Å². The van der Waals surface area contributed by atoms with Crippen LogP contribution in [0.25, 0.3) is 0 Å². The van der Waals surface area contributed by atoms with Crippen molar-refractivity contribution in [2.45, 2.75) is 25.1 Å². The van der Waals surface area contributed by atoms with E-state index in [0.29, 0.717) is 0 Å². The summed E-state index contributed by atoms with van der Waals surface area (Å²) in [5, 5.41) is 32.5. The van der Waals surface area contributed by atoms with Gasteiger partial charge in [0.1, 0.15) is 12.6 Å². The van der Waals surface area contributed by atoms with Gasteiger partial charge in [-0.05, 0) is 4.92 Å². The van der Waals surface area contributed by atoms with Gasteiger partial charge in [-0.15, -0.1) is 0 Å². The molecule has 2 N–H and O–H groups in total. The molecule has 0 aromatic carbocycles. The van der Waals surface area contributed by atoms with Gasteiger partial charge in [0, 0.05) is 13.0 Å². The Morgan fingerprint density at radius 3 is 2.80 bits per heavy atom. The summed E-state index contributed by atoms with van der Waals surface area (Å²) in [7, 11) is 0. The Balaban J connectivity index is 2.07. The largest absolute Gasteiger partial charge is 0.480 e. The van der Waals surface area contributed by atoms with E-state index in [1.54, 1.807) is 0 Å². The lowest BCUT2D eigenvalue weighted by Crippen LogP contribution is -2.42. The molecule has 1 aliphatic heterocycles. The fourth-order valence-corrected chi connectivity index (χ4v) is 2.09. The molecule has 0 unspecified atom stereocenters. The van der Waals surface area contributed by atoms with Gasteiger partial charge in [0.05, 0.1) is 23.5 Å². The van der Waals surface area contributed by atoms with Gasteiger partial charge in [0.15, 0.2) is 0 Å². The van der Waals surface area contributed by atoms with Crippen molar-refractivity contribution in [2.75, 3.05) is 6.54 Å². The Hall–Kier alpha value is -2.49. The zero-order valence-corrected chi connectivity index (χ0v) is 10.2. The highest BCUT2D eigenvalue weighted by Crippen LogP contribution is 2.19. The normalized spacial score (nSPS) is 21.9. The smallest absolute Gasteiger partial charge is 0.389 e. The third kappa shape index (κ3) is 2.74. The predicted octanol–water partition coefficient (Wildman–Crippen LogP) is -1.16. The molecule has 1 saturated heterocycles. The van der Waals surface area contributed by atoms with Crippen LogP contribution in [-0.4, -0.2) is 60.4 Å². The maximum atomic E-state index is 12.0. The van der Waals surface area contributed by atoms with Crippen molar-refractivity contribution >= 4 is 17.7 Å². The first kappa shape index (κ1) is 13.9. The summed E-state index contributed by atoms with van der Waals surface area (Å²) in [5.41, 5.74) is 0. The molecule has 2 rings (SSSR count). The summed E-state index contributed by atoms with van der Waals surface area (Å²) < 4.78 is 1.06. The van der Waals surface area contributed by atoms with Gasteiger partial charge in [-0.2, -0.15) is 4.68 Å². The van der Waals surface area contributed by atoms with Gasteiger partial charge >= 0.3 is 11.8 Å². The number of aliphatic hydroxyl groups is 1. The van der Waals surface area contributed by atoms with E-state index in [4.69, 9.17) is 5.11 Å². The molecule has 0 bridgehead atoms. The lowest BCUT2D eigenvalue weighted by atomic mass is 10.2. The average Bonchev–Trinajstić information content (AvgIpc) is 2.95. The number of β-amino-alcohol motifs (C(OH)–C–C–N with tert-alkyl or cyclic N) is 1. The summed E-state index contributed by atoms with van der Waals surface area (Å²) in [4.78, 5) is 33.8. The standard InChI is InChI=1S/C10H12N4O6/c15-6-3-7(10(17)18)13(4-6)9(16)5-12-2-1-8(11-12)14(19)20/h1-2,6-7,15H,3-5H2,(H,17,18)/t6-,7-/m1/s1. The van der Waals surface area contributed by atoms with E-state index in [0.717, 1.165) is 15.6 Å². The monoisotopic (exact) mass is 284 g/mol. The summed E-state index contributed by atoms with van der Waals surface area (Å²) in [6.07, 6.45) is 0.352. The molecule has 1 aliphatic rings. The van der Waals surface area contributed by atoms with Gasteiger partial charge in [-0.25, -0.2) is 4.79 Å². The Morgan fingerprint density at radius 1 is 1.55 bits per heavy atom. The van der Waals surface area contributed by atoms with Crippen molar-refractivity contribution in [3.05, 3.63) is 22.4 Å². The quantitative estimate of drug-likeness (QED) is 0.525. The number of aliphatic carboxylic acids is 1. The molecule has 20 heavy (non-hydrogen) atoms. The summed E-state index contributed by atoms with van der Waals surface area (Å²) in [6.45, 7) is -0.385. The number of rotatable bonds is 4. The van der Waals surface area contributed by atoms with Crippen LogP contribution in [-0.2, 0) is 16.1 Å². The van der Waals surface area contributed by atoms with Crippen molar-refractivity contribution in [3.8, 4) is 0 Å². The summed E-state index contributed by atoms with van der Waals surface area (Å²) in [5.74, 6) is -2.15. The number of carboxylic acid groups (broad SMARTS) is 1.